The zero-order chi connectivity index (χ0) is 15.7. The number of aryl methyl sites for hydroxylation is 2. The standard InChI is InChI=1S/C16H17BrN4O/c1-10-8-18-16(19-9-10)20-14-5-6-21(15(14)22)12-3-4-13(17)11(2)7-12/h3-4,7-9,14H,5-6H2,1-2H3,(H,18,19,20). The molecule has 2 aromatic rings. The topological polar surface area (TPSA) is 58.1 Å². The van der Waals surface area contributed by atoms with Crippen LogP contribution in [0.1, 0.15) is 17.5 Å². The third kappa shape index (κ3) is 2.97. The van der Waals surface area contributed by atoms with E-state index in [0.29, 0.717) is 12.5 Å². The van der Waals surface area contributed by atoms with E-state index in [1.165, 1.54) is 0 Å². The summed E-state index contributed by atoms with van der Waals surface area (Å²) in [6.45, 7) is 4.65. The maximum atomic E-state index is 12.6. The molecule has 22 heavy (non-hydrogen) atoms. The van der Waals surface area contributed by atoms with Gasteiger partial charge in [0.15, 0.2) is 0 Å². The van der Waals surface area contributed by atoms with Crippen molar-refractivity contribution in [3.63, 3.8) is 0 Å². The van der Waals surface area contributed by atoms with E-state index in [1.807, 2.05) is 36.9 Å². The average molecular weight is 361 g/mol. The highest BCUT2D eigenvalue weighted by Crippen LogP contribution is 2.27. The average Bonchev–Trinajstić information content (AvgIpc) is 2.86. The highest BCUT2D eigenvalue weighted by atomic mass is 79.9. The molecule has 1 aliphatic rings. The van der Waals surface area contributed by atoms with Crippen LogP contribution in [0.2, 0.25) is 0 Å². The van der Waals surface area contributed by atoms with E-state index in [-0.39, 0.29) is 11.9 Å². The van der Waals surface area contributed by atoms with Gasteiger partial charge in [0.1, 0.15) is 6.04 Å². The van der Waals surface area contributed by atoms with Gasteiger partial charge >= 0.3 is 0 Å². The molecule has 1 atom stereocenters. The number of amides is 1. The minimum Gasteiger partial charge on any atom is -0.342 e. The summed E-state index contributed by atoms with van der Waals surface area (Å²) in [5, 5.41) is 3.12. The first kappa shape index (κ1) is 15.0. The predicted octanol–water partition coefficient (Wildman–Crippen LogP) is 3.07. The van der Waals surface area contributed by atoms with Crippen molar-refractivity contribution in [3.05, 3.63) is 46.2 Å². The number of carbonyl (C=O) groups excluding carboxylic acids is 1. The minimum absolute atomic E-state index is 0.0610. The molecule has 3 rings (SSSR count). The van der Waals surface area contributed by atoms with Gasteiger partial charge in [-0.15, -0.1) is 0 Å². The van der Waals surface area contributed by atoms with Gasteiger partial charge in [0.25, 0.3) is 0 Å². The molecule has 1 unspecified atom stereocenters. The van der Waals surface area contributed by atoms with Crippen molar-refractivity contribution >= 4 is 33.5 Å². The summed E-state index contributed by atoms with van der Waals surface area (Å²) in [7, 11) is 0. The summed E-state index contributed by atoms with van der Waals surface area (Å²) < 4.78 is 1.05. The number of nitrogens with one attached hydrogen (secondary N) is 1. The highest BCUT2D eigenvalue weighted by molar-refractivity contribution is 9.10. The summed E-state index contributed by atoms with van der Waals surface area (Å²) in [5.74, 6) is 0.559. The molecule has 114 valence electrons. The van der Waals surface area contributed by atoms with Crippen molar-refractivity contribution in [2.45, 2.75) is 26.3 Å². The fourth-order valence-corrected chi connectivity index (χ4v) is 2.74. The number of hydrogen-bond acceptors (Lipinski definition) is 4. The molecule has 5 nitrogen and oxygen atoms in total. The zero-order valence-electron chi connectivity index (χ0n) is 12.5. The number of halogens is 1. The fraction of sp³-hybridized carbons (Fsp3) is 0.312. The molecule has 1 N–H and O–H groups in total. The Kier molecular flexibility index (Phi) is 4.11. The Morgan fingerprint density at radius 2 is 2.00 bits per heavy atom. The van der Waals surface area contributed by atoms with E-state index >= 15 is 0 Å². The third-order valence-corrected chi connectivity index (χ3v) is 4.63. The molecule has 1 saturated heterocycles. The van der Waals surface area contributed by atoms with Crippen LogP contribution in [0.25, 0.3) is 0 Å². The second-order valence-electron chi connectivity index (χ2n) is 5.49. The Bertz CT molecular complexity index is 702. The largest absolute Gasteiger partial charge is 0.342 e. The number of benzene rings is 1. The van der Waals surface area contributed by atoms with Gasteiger partial charge in [0, 0.05) is 29.1 Å². The van der Waals surface area contributed by atoms with Crippen molar-refractivity contribution in [2.75, 3.05) is 16.8 Å². The van der Waals surface area contributed by atoms with Crippen molar-refractivity contribution in [1.29, 1.82) is 0 Å². The molecule has 6 heteroatoms. The number of hydrogen-bond donors (Lipinski definition) is 1. The van der Waals surface area contributed by atoms with Gasteiger partial charge in [-0.1, -0.05) is 15.9 Å². The first-order valence-corrected chi connectivity index (χ1v) is 7.96. The SMILES string of the molecule is Cc1cnc(NC2CCN(c3ccc(Br)c(C)c3)C2=O)nc1. The molecule has 2 heterocycles. The molecule has 1 fully saturated rings. The van der Waals surface area contributed by atoms with E-state index in [0.717, 1.165) is 27.7 Å². The van der Waals surface area contributed by atoms with Crippen molar-refractivity contribution in [2.24, 2.45) is 0 Å². The Balaban J connectivity index is 1.74. The number of carbonyl (C=O) groups is 1. The summed E-state index contributed by atoms with van der Waals surface area (Å²) in [6, 6.07) is 5.68. The van der Waals surface area contributed by atoms with Crippen LogP contribution in [0, 0.1) is 13.8 Å². The molecule has 0 bridgehead atoms. The van der Waals surface area contributed by atoms with Crippen molar-refractivity contribution in [3.8, 4) is 0 Å². The lowest BCUT2D eigenvalue weighted by atomic mass is 10.2. The second-order valence-corrected chi connectivity index (χ2v) is 6.35. The minimum atomic E-state index is -0.272. The monoisotopic (exact) mass is 360 g/mol. The second kappa shape index (κ2) is 6.04. The maximum Gasteiger partial charge on any atom is 0.249 e. The number of nitrogens with zero attached hydrogens (tertiary/aromatic N) is 3. The molecular weight excluding hydrogens is 344 g/mol. The Morgan fingerprint density at radius 3 is 2.68 bits per heavy atom. The van der Waals surface area contributed by atoms with Crippen LogP contribution in [-0.2, 0) is 4.79 Å². The Labute approximate surface area is 137 Å². The van der Waals surface area contributed by atoms with E-state index < -0.39 is 0 Å². The van der Waals surface area contributed by atoms with E-state index in [4.69, 9.17) is 0 Å². The molecule has 0 radical (unpaired) electrons. The molecule has 1 aliphatic heterocycles. The van der Waals surface area contributed by atoms with Gasteiger partial charge in [-0.2, -0.15) is 0 Å². The molecular formula is C16H17BrN4O. The van der Waals surface area contributed by atoms with Gasteiger partial charge in [-0.05, 0) is 49.6 Å². The molecule has 0 saturated carbocycles. The van der Waals surface area contributed by atoms with Crippen molar-refractivity contribution in [1.82, 2.24) is 9.97 Å². The molecule has 1 aromatic heterocycles. The predicted molar refractivity (Wildman–Crippen MR) is 90.0 cm³/mol. The molecule has 1 amide bonds. The first-order chi connectivity index (χ1) is 10.5. The Morgan fingerprint density at radius 1 is 1.27 bits per heavy atom. The van der Waals surface area contributed by atoms with E-state index in [9.17, 15) is 4.79 Å². The van der Waals surface area contributed by atoms with Crippen LogP contribution in [-0.4, -0.2) is 28.5 Å². The lowest BCUT2D eigenvalue weighted by molar-refractivity contribution is -0.117. The van der Waals surface area contributed by atoms with Crippen LogP contribution < -0.4 is 10.2 Å². The highest BCUT2D eigenvalue weighted by Gasteiger charge is 2.33. The smallest absolute Gasteiger partial charge is 0.249 e. The van der Waals surface area contributed by atoms with Crippen LogP contribution >= 0.6 is 15.9 Å². The van der Waals surface area contributed by atoms with Gasteiger partial charge in [0.2, 0.25) is 11.9 Å². The van der Waals surface area contributed by atoms with Gasteiger partial charge in [0.05, 0.1) is 0 Å². The first-order valence-electron chi connectivity index (χ1n) is 7.17. The Hall–Kier alpha value is -1.95. The number of aromatic nitrogens is 2. The number of anilines is 2. The number of rotatable bonds is 3. The van der Waals surface area contributed by atoms with Crippen LogP contribution in [0.4, 0.5) is 11.6 Å². The van der Waals surface area contributed by atoms with Crippen LogP contribution in [0.15, 0.2) is 35.1 Å². The van der Waals surface area contributed by atoms with Gasteiger partial charge < -0.3 is 10.2 Å². The van der Waals surface area contributed by atoms with Crippen molar-refractivity contribution < 1.29 is 4.79 Å². The molecule has 0 aliphatic carbocycles. The summed E-state index contributed by atoms with van der Waals surface area (Å²) in [4.78, 5) is 22.8. The lowest BCUT2D eigenvalue weighted by Gasteiger charge is -2.18. The van der Waals surface area contributed by atoms with Gasteiger partial charge in [-0.3, -0.25) is 4.79 Å². The van der Waals surface area contributed by atoms with Crippen LogP contribution in [0.5, 0.6) is 0 Å². The van der Waals surface area contributed by atoms with E-state index in [2.05, 4.69) is 31.2 Å². The van der Waals surface area contributed by atoms with E-state index in [1.54, 1.807) is 12.4 Å². The summed E-state index contributed by atoms with van der Waals surface area (Å²) in [6.07, 6.45) is 4.22. The van der Waals surface area contributed by atoms with Crippen LogP contribution in [0.3, 0.4) is 0 Å². The maximum absolute atomic E-state index is 12.6. The molecule has 0 spiro atoms. The zero-order valence-corrected chi connectivity index (χ0v) is 14.1. The molecule has 1 aromatic carbocycles. The lowest BCUT2D eigenvalue weighted by Crippen LogP contribution is -2.33. The van der Waals surface area contributed by atoms with Gasteiger partial charge in [-0.25, -0.2) is 9.97 Å². The normalized spacial score (nSPS) is 17.9. The summed E-state index contributed by atoms with van der Waals surface area (Å²) in [5.41, 5.74) is 3.04. The third-order valence-electron chi connectivity index (χ3n) is 3.74. The fourth-order valence-electron chi connectivity index (χ4n) is 2.49. The summed E-state index contributed by atoms with van der Waals surface area (Å²) >= 11 is 3.48. The quantitative estimate of drug-likeness (QED) is 0.913.